The molecule has 0 atom stereocenters. The summed E-state index contributed by atoms with van der Waals surface area (Å²) in [6.07, 6.45) is 0.426. The Labute approximate surface area is 133 Å². The predicted octanol–water partition coefficient (Wildman–Crippen LogP) is 1.44. The summed E-state index contributed by atoms with van der Waals surface area (Å²) in [4.78, 5) is 42.5. The molecule has 0 fully saturated rings. The van der Waals surface area contributed by atoms with E-state index in [1.165, 1.54) is 11.6 Å². The van der Waals surface area contributed by atoms with Crippen LogP contribution in [0.1, 0.15) is 19.8 Å². The summed E-state index contributed by atoms with van der Waals surface area (Å²) in [5, 5.41) is 3.42. The molecule has 0 spiro atoms. The topological polar surface area (TPSA) is 132 Å². The lowest BCUT2D eigenvalue weighted by Crippen LogP contribution is -2.38. The molecule has 10 nitrogen and oxygen atoms in total. The summed E-state index contributed by atoms with van der Waals surface area (Å²) in [5.41, 5.74) is 7.56. The quantitative estimate of drug-likeness (QED) is 0.340. The number of ether oxygens (including phenoxy) is 1. The molecular formula is C12H14N6O4S. The summed E-state index contributed by atoms with van der Waals surface area (Å²) in [5.74, 6) is -0.373. The maximum absolute atomic E-state index is 12.4. The molecule has 11 heteroatoms. The Balaban J connectivity index is 2.37. The molecule has 0 bridgehead atoms. The lowest BCUT2D eigenvalue weighted by Gasteiger charge is -2.07. The highest BCUT2D eigenvalue weighted by atomic mass is 32.1. The van der Waals surface area contributed by atoms with Crippen molar-refractivity contribution < 1.29 is 9.53 Å². The van der Waals surface area contributed by atoms with E-state index in [9.17, 15) is 14.4 Å². The lowest BCUT2D eigenvalue weighted by atomic mass is 10.3. The van der Waals surface area contributed by atoms with Crippen LogP contribution in [0.25, 0.3) is 20.8 Å². The summed E-state index contributed by atoms with van der Waals surface area (Å²) in [6, 6.07) is 0. The molecule has 0 aliphatic rings. The smallest absolute Gasteiger partial charge is 0.332 e. The molecule has 0 aliphatic heterocycles. The molecule has 0 saturated heterocycles. The van der Waals surface area contributed by atoms with E-state index < -0.39 is 11.2 Å². The molecule has 2 rings (SSSR count). The summed E-state index contributed by atoms with van der Waals surface area (Å²) in [7, 11) is 1.48. The zero-order valence-electron chi connectivity index (χ0n) is 12.6. The number of carbonyl (C=O) groups is 1. The fourth-order valence-corrected chi connectivity index (χ4v) is 2.91. The van der Waals surface area contributed by atoms with Gasteiger partial charge in [-0.2, -0.15) is 0 Å². The first kappa shape index (κ1) is 16.7. The van der Waals surface area contributed by atoms with Gasteiger partial charge in [-0.1, -0.05) is 0 Å². The number of carbonyl (C=O) groups excluding carboxylic acids is 1. The summed E-state index contributed by atoms with van der Waals surface area (Å²) in [6.45, 7) is 2.09. The normalized spacial score (nSPS) is 10.5. The van der Waals surface area contributed by atoms with Gasteiger partial charge in [0.15, 0.2) is 10.8 Å². The highest BCUT2D eigenvalue weighted by molar-refractivity contribution is 7.21. The van der Waals surface area contributed by atoms with Crippen LogP contribution in [-0.4, -0.2) is 26.7 Å². The van der Waals surface area contributed by atoms with Crippen molar-refractivity contribution in [3.05, 3.63) is 31.3 Å². The number of aromatic nitrogens is 3. The van der Waals surface area contributed by atoms with Gasteiger partial charge >= 0.3 is 11.7 Å². The van der Waals surface area contributed by atoms with Crippen molar-refractivity contribution in [2.24, 2.45) is 12.2 Å². The number of esters is 1. The Kier molecular flexibility index (Phi) is 5.14. The molecule has 0 saturated carbocycles. The van der Waals surface area contributed by atoms with Crippen LogP contribution in [0.4, 0.5) is 5.13 Å². The number of rotatable bonds is 6. The standard InChI is InChI=1S/C12H14N6O4S/c1-3-22-7(19)5-4-6-18-10(20)8-9(17(2)12(18)21)14-11(23-8)15-16-13/h3-6H2,1-2H3. The van der Waals surface area contributed by atoms with E-state index in [1.54, 1.807) is 6.92 Å². The van der Waals surface area contributed by atoms with E-state index in [-0.39, 0.29) is 41.0 Å². The Hall–Kier alpha value is -2.65. The van der Waals surface area contributed by atoms with Crippen molar-refractivity contribution >= 4 is 32.8 Å². The Morgan fingerprint density at radius 1 is 1.48 bits per heavy atom. The molecule has 2 aromatic rings. The SMILES string of the molecule is CCOC(=O)CCCn1c(=O)c2sc(N=[N+]=[N-])nc2n(C)c1=O. The zero-order valence-corrected chi connectivity index (χ0v) is 13.4. The number of aryl methyl sites for hydroxylation is 1. The molecule has 0 aromatic carbocycles. The van der Waals surface area contributed by atoms with E-state index in [0.29, 0.717) is 6.42 Å². The van der Waals surface area contributed by atoms with Gasteiger partial charge in [-0.25, -0.2) is 9.78 Å². The summed E-state index contributed by atoms with van der Waals surface area (Å²) >= 11 is 0.917. The first-order valence-electron chi connectivity index (χ1n) is 6.80. The van der Waals surface area contributed by atoms with Gasteiger partial charge in [0.05, 0.1) is 6.61 Å². The Morgan fingerprint density at radius 2 is 2.22 bits per heavy atom. The third-order valence-corrected chi connectivity index (χ3v) is 3.99. The minimum absolute atomic E-state index is 0.0684. The fraction of sp³-hybridized carbons (Fsp3) is 0.500. The first-order valence-corrected chi connectivity index (χ1v) is 7.62. The predicted molar refractivity (Wildman–Crippen MR) is 83.8 cm³/mol. The molecule has 2 heterocycles. The van der Waals surface area contributed by atoms with Gasteiger partial charge in [0, 0.05) is 24.9 Å². The highest BCUT2D eigenvalue weighted by Gasteiger charge is 2.15. The van der Waals surface area contributed by atoms with E-state index in [0.717, 1.165) is 15.9 Å². The summed E-state index contributed by atoms with van der Waals surface area (Å²) < 4.78 is 7.29. The van der Waals surface area contributed by atoms with Crippen molar-refractivity contribution in [1.29, 1.82) is 0 Å². The minimum Gasteiger partial charge on any atom is -0.466 e. The Bertz CT molecular complexity index is 905. The number of hydrogen-bond donors (Lipinski definition) is 0. The lowest BCUT2D eigenvalue weighted by molar-refractivity contribution is -0.143. The van der Waals surface area contributed by atoms with E-state index in [1.807, 2.05) is 0 Å². The van der Waals surface area contributed by atoms with Crippen molar-refractivity contribution in [3.63, 3.8) is 0 Å². The second-order valence-corrected chi connectivity index (χ2v) is 5.52. The third-order valence-electron chi connectivity index (χ3n) is 3.07. The van der Waals surface area contributed by atoms with Gasteiger partial charge in [0.25, 0.3) is 5.56 Å². The van der Waals surface area contributed by atoms with Gasteiger partial charge in [-0.05, 0) is 24.0 Å². The van der Waals surface area contributed by atoms with Crippen molar-refractivity contribution in [2.75, 3.05) is 6.61 Å². The van der Waals surface area contributed by atoms with Crippen LogP contribution < -0.4 is 11.2 Å². The number of fused-ring (bicyclic) bond motifs is 1. The largest absolute Gasteiger partial charge is 0.466 e. The van der Waals surface area contributed by atoms with E-state index in [2.05, 4.69) is 15.0 Å². The highest BCUT2D eigenvalue weighted by Crippen LogP contribution is 2.24. The second-order valence-electron chi connectivity index (χ2n) is 4.55. The zero-order chi connectivity index (χ0) is 17.0. The van der Waals surface area contributed by atoms with Gasteiger partial charge in [0.2, 0.25) is 0 Å². The molecule has 0 unspecified atom stereocenters. The van der Waals surface area contributed by atoms with Crippen LogP contribution in [0.3, 0.4) is 0 Å². The maximum atomic E-state index is 12.4. The van der Waals surface area contributed by atoms with Crippen LogP contribution in [0.15, 0.2) is 14.7 Å². The fourth-order valence-electron chi connectivity index (χ4n) is 2.04. The van der Waals surface area contributed by atoms with Crippen LogP contribution in [-0.2, 0) is 23.1 Å². The molecule has 2 aromatic heterocycles. The minimum atomic E-state index is -0.538. The van der Waals surface area contributed by atoms with E-state index >= 15 is 0 Å². The van der Waals surface area contributed by atoms with Crippen LogP contribution in [0.2, 0.25) is 0 Å². The van der Waals surface area contributed by atoms with Crippen molar-refractivity contribution in [2.45, 2.75) is 26.3 Å². The van der Waals surface area contributed by atoms with E-state index in [4.69, 9.17) is 10.3 Å². The van der Waals surface area contributed by atoms with Gasteiger partial charge in [0.1, 0.15) is 4.70 Å². The van der Waals surface area contributed by atoms with Crippen LogP contribution in [0.5, 0.6) is 0 Å². The molecule has 0 radical (unpaired) electrons. The number of hydrogen-bond acceptors (Lipinski definition) is 7. The molecule has 23 heavy (non-hydrogen) atoms. The molecule has 0 aliphatic carbocycles. The number of azide groups is 1. The molecule has 0 N–H and O–H groups in total. The average molecular weight is 338 g/mol. The van der Waals surface area contributed by atoms with Gasteiger partial charge in [-0.15, -0.1) is 11.3 Å². The number of nitrogens with zero attached hydrogens (tertiary/aromatic N) is 6. The van der Waals surface area contributed by atoms with Crippen molar-refractivity contribution in [3.8, 4) is 0 Å². The molecular weight excluding hydrogens is 324 g/mol. The molecule has 122 valence electrons. The maximum Gasteiger partial charge on any atom is 0.332 e. The first-order chi connectivity index (χ1) is 11.0. The van der Waals surface area contributed by atoms with Gasteiger partial charge in [-0.3, -0.25) is 18.7 Å². The van der Waals surface area contributed by atoms with Crippen LogP contribution in [0, 0.1) is 0 Å². The van der Waals surface area contributed by atoms with Crippen LogP contribution >= 0.6 is 11.3 Å². The third kappa shape index (κ3) is 3.41. The molecule has 0 amide bonds. The Morgan fingerprint density at radius 3 is 2.87 bits per heavy atom. The number of thiazole rings is 1. The van der Waals surface area contributed by atoms with Gasteiger partial charge < -0.3 is 4.74 Å². The van der Waals surface area contributed by atoms with Crippen molar-refractivity contribution in [1.82, 2.24) is 14.1 Å². The monoisotopic (exact) mass is 338 g/mol. The second kappa shape index (κ2) is 7.07. The average Bonchev–Trinajstić information content (AvgIpc) is 2.93.